The van der Waals surface area contributed by atoms with Crippen LogP contribution in [-0.4, -0.2) is 58.9 Å². The molecule has 4 amide bonds. The van der Waals surface area contributed by atoms with Crippen LogP contribution in [0, 0.1) is 5.92 Å². The van der Waals surface area contributed by atoms with Crippen LogP contribution in [0.4, 0.5) is 4.79 Å². The third kappa shape index (κ3) is 3.14. The van der Waals surface area contributed by atoms with Gasteiger partial charge in [0.15, 0.2) is 0 Å². The average molecular weight is 336 g/mol. The van der Waals surface area contributed by atoms with Gasteiger partial charge in [-0.3, -0.25) is 14.5 Å². The number of carbonyl (C=O) groups excluding carboxylic acids is 3. The van der Waals surface area contributed by atoms with Crippen molar-refractivity contribution in [3.05, 3.63) is 0 Å². The first-order valence-corrected chi connectivity index (χ1v) is 9.10. The van der Waals surface area contributed by atoms with E-state index in [2.05, 4.69) is 5.32 Å². The second kappa shape index (κ2) is 6.70. The molecule has 3 rings (SSSR count). The van der Waals surface area contributed by atoms with Gasteiger partial charge in [0.2, 0.25) is 5.91 Å². The number of hydrogen-bond donors (Lipinski definition) is 2. The number of hydrogen-bond acceptors (Lipinski definition) is 4. The predicted molar refractivity (Wildman–Crippen MR) is 89.0 cm³/mol. The maximum absolute atomic E-state index is 12.7. The Morgan fingerprint density at radius 1 is 1.25 bits per heavy atom. The van der Waals surface area contributed by atoms with Crippen molar-refractivity contribution in [3.63, 3.8) is 0 Å². The lowest BCUT2D eigenvalue weighted by molar-refractivity contribution is -0.140. The second-order valence-corrected chi connectivity index (χ2v) is 7.54. The summed E-state index contributed by atoms with van der Waals surface area (Å²) < 4.78 is 0. The maximum atomic E-state index is 12.7. The molecule has 0 aromatic rings. The molecule has 2 saturated heterocycles. The van der Waals surface area contributed by atoms with Crippen molar-refractivity contribution in [2.75, 3.05) is 19.6 Å². The molecule has 134 valence electrons. The van der Waals surface area contributed by atoms with Crippen LogP contribution in [0.2, 0.25) is 0 Å². The molecular weight excluding hydrogens is 308 g/mol. The topological polar surface area (TPSA) is 95.7 Å². The van der Waals surface area contributed by atoms with E-state index in [1.807, 2.05) is 6.92 Å². The van der Waals surface area contributed by atoms with Crippen LogP contribution in [0.15, 0.2) is 0 Å². The van der Waals surface area contributed by atoms with Crippen molar-refractivity contribution < 1.29 is 14.4 Å². The summed E-state index contributed by atoms with van der Waals surface area (Å²) in [5.41, 5.74) is 5.17. The van der Waals surface area contributed by atoms with Crippen molar-refractivity contribution in [2.24, 2.45) is 11.7 Å². The minimum absolute atomic E-state index is 0.138. The number of nitrogens with one attached hydrogen (secondary N) is 1. The van der Waals surface area contributed by atoms with Crippen LogP contribution in [0.1, 0.15) is 51.9 Å². The molecule has 1 aliphatic carbocycles. The smallest absolute Gasteiger partial charge is 0.325 e. The zero-order valence-corrected chi connectivity index (χ0v) is 14.4. The Hall–Kier alpha value is -1.63. The lowest BCUT2D eigenvalue weighted by Gasteiger charge is -2.34. The van der Waals surface area contributed by atoms with Crippen molar-refractivity contribution in [1.29, 1.82) is 0 Å². The Labute approximate surface area is 142 Å². The van der Waals surface area contributed by atoms with Crippen molar-refractivity contribution in [2.45, 2.75) is 63.5 Å². The molecule has 1 unspecified atom stereocenters. The molecular formula is C17H28N4O3. The van der Waals surface area contributed by atoms with E-state index in [4.69, 9.17) is 5.73 Å². The van der Waals surface area contributed by atoms with Gasteiger partial charge < -0.3 is 16.0 Å². The van der Waals surface area contributed by atoms with Gasteiger partial charge in [0.1, 0.15) is 12.1 Å². The Balaban J connectivity index is 1.58. The quantitative estimate of drug-likeness (QED) is 0.746. The minimum Gasteiger partial charge on any atom is -0.341 e. The SMILES string of the molecule is CC(N)C1CCN(C(=O)CN2C(=O)NC3(CCCCC3)C2=O)CC1. The van der Waals surface area contributed by atoms with Gasteiger partial charge in [-0.25, -0.2) is 4.79 Å². The number of carbonyl (C=O) groups is 3. The molecule has 0 aromatic heterocycles. The van der Waals surface area contributed by atoms with Crippen LogP contribution >= 0.6 is 0 Å². The molecule has 3 aliphatic rings. The summed E-state index contributed by atoms with van der Waals surface area (Å²) in [6.45, 7) is 3.16. The van der Waals surface area contributed by atoms with Gasteiger partial charge in [-0.1, -0.05) is 19.3 Å². The number of piperidine rings is 1. The molecule has 2 heterocycles. The lowest BCUT2D eigenvalue weighted by atomic mass is 9.82. The van der Waals surface area contributed by atoms with E-state index in [1.165, 1.54) is 0 Å². The van der Waals surface area contributed by atoms with Crippen LogP contribution in [0.3, 0.4) is 0 Å². The molecule has 7 heteroatoms. The van der Waals surface area contributed by atoms with Crippen molar-refractivity contribution in [3.8, 4) is 0 Å². The highest BCUT2D eigenvalue weighted by molar-refractivity contribution is 6.09. The number of imide groups is 1. The number of amides is 4. The van der Waals surface area contributed by atoms with Gasteiger partial charge in [0.05, 0.1) is 0 Å². The molecule has 1 spiro atoms. The fourth-order valence-corrected chi connectivity index (χ4v) is 4.22. The summed E-state index contributed by atoms with van der Waals surface area (Å²) >= 11 is 0. The van der Waals surface area contributed by atoms with Crippen LogP contribution in [0.5, 0.6) is 0 Å². The van der Waals surface area contributed by atoms with Crippen molar-refractivity contribution >= 4 is 17.8 Å². The fraction of sp³-hybridized carbons (Fsp3) is 0.824. The first kappa shape index (κ1) is 17.2. The van der Waals surface area contributed by atoms with E-state index in [9.17, 15) is 14.4 Å². The zero-order chi connectivity index (χ0) is 17.3. The molecule has 0 radical (unpaired) electrons. The fourth-order valence-electron chi connectivity index (χ4n) is 4.22. The minimum atomic E-state index is -0.752. The van der Waals surface area contributed by atoms with Gasteiger partial charge in [-0.15, -0.1) is 0 Å². The van der Waals surface area contributed by atoms with Gasteiger partial charge in [0, 0.05) is 19.1 Å². The molecule has 3 fully saturated rings. The lowest BCUT2D eigenvalue weighted by Crippen LogP contribution is -2.50. The number of urea groups is 1. The Kier molecular flexibility index (Phi) is 4.80. The number of rotatable bonds is 3. The molecule has 7 nitrogen and oxygen atoms in total. The first-order valence-electron chi connectivity index (χ1n) is 9.10. The van der Waals surface area contributed by atoms with E-state index >= 15 is 0 Å². The van der Waals surface area contributed by atoms with Gasteiger partial charge >= 0.3 is 6.03 Å². The van der Waals surface area contributed by atoms with Crippen LogP contribution < -0.4 is 11.1 Å². The monoisotopic (exact) mass is 336 g/mol. The van der Waals surface area contributed by atoms with E-state index in [-0.39, 0.29) is 24.4 Å². The largest absolute Gasteiger partial charge is 0.341 e. The summed E-state index contributed by atoms with van der Waals surface area (Å²) in [6, 6.07) is -0.278. The maximum Gasteiger partial charge on any atom is 0.325 e. The molecule has 1 atom stereocenters. The molecule has 1 saturated carbocycles. The predicted octanol–water partition coefficient (Wildman–Crippen LogP) is 0.827. The van der Waals surface area contributed by atoms with E-state index in [0.717, 1.165) is 37.0 Å². The third-order valence-corrected chi connectivity index (χ3v) is 5.88. The van der Waals surface area contributed by atoms with E-state index in [0.29, 0.717) is 31.8 Å². The number of likely N-dealkylation sites (tertiary alicyclic amines) is 1. The molecule has 3 N–H and O–H groups in total. The van der Waals surface area contributed by atoms with Gasteiger partial charge in [-0.2, -0.15) is 0 Å². The number of nitrogens with two attached hydrogens (primary N) is 1. The van der Waals surface area contributed by atoms with Crippen molar-refractivity contribution in [1.82, 2.24) is 15.1 Å². The summed E-state index contributed by atoms with van der Waals surface area (Å²) in [5, 5.41) is 2.85. The summed E-state index contributed by atoms with van der Waals surface area (Å²) in [4.78, 5) is 40.3. The summed E-state index contributed by atoms with van der Waals surface area (Å²) in [6.07, 6.45) is 6.11. The zero-order valence-electron chi connectivity index (χ0n) is 14.4. The van der Waals surface area contributed by atoms with E-state index < -0.39 is 11.6 Å². The van der Waals surface area contributed by atoms with Crippen LogP contribution in [0.25, 0.3) is 0 Å². The highest BCUT2D eigenvalue weighted by Gasteiger charge is 2.51. The second-order valence-electron chi connectivity index (χ2n) is 7.54. The molecule has 2 aliphatic heterocycles. The van der Waals surface area contributed by atoms with Gasteiger partial charge in [-0.05, 0) is 38.5 Å². The number of nitrogens with zero attached hydrogens (tertiary/aromatic N) is 2. The highest BCUT2D eigenvalue weighted by Crippen LogP contribution is 2.33. The third-order valence-electron chi connectivity index (χ3n) is 5.88. The molecule has 0 aromatic carbocycles. The average Bonchev–Trinajstić information content (AvgIpc) is 2.79. The van der Waals surface area contributed by atoms with Crippen LogP contribution in [-0.2, 0) is 9.59 Å². The summed E-state index contributed by atoms with van der Waals surface area (Å²) in [5.74, 6) is 0.0803. The molecule has 24 heavy (non-hydrogen) atoms. The Morgan fingerprint density at radius 3 is 2.46 bits per heavy atom. The van der Waals surface area contributed by atoms with Gasteiger partial charge in [0.25, 0.3) is 5.91 Å². The summed E-state index contributed by atoms with van der Waals surface area (Å²) in [7, 11) is 0. The Morgan fingerprint density at radius 2 is 1.88 bits per heavy atom. The first-order chi connectivity index (χ1) is 11.4. The molecule has 0 bridgehead atoms. The normalized spacial score (nSPS) is 25.9. The van der Waals surface area contributed by atoms with E-state index in [1.54, 1.807) is 4.90 Å². The highest BCUT2D eigenvalue weighted by atomic mass is 16.2. The Bertz CT molecular complexity index is 520. The standard InChI is InChI=1S/C17H28N4O3/c1-12(18)13-5-9-20(10-6-13)14(22)11-21-15(23)17(19-16(21)24)7-3-2-4-8-17/h12-13H,2-11,18H2,1H3,(H,19,24).